The number of piperidine rings is 1. The fourth-order valence-electron chi connectivity index (χ4n) is 3.58. The SMILES string of the molecule is CN1CCC(C)(CNC2CC(C)(C)OC2(C)C)CC1. The summed E-state index contributed by atoms with van der Waals surface area (Å²) >= 11 is 0. The fraction of sp³-hybridized carbons (Fsp3) is 1.00. The van der Waals surface area contributed by atoms with Crippen molar-refractivity contribution < 1.29 is 4.74 Å². The predicted molar refractivity (Wildman–Crippen MR) is 80.5 cm³/mol. The van der Waals surface area contributed by atoms with E-state index in [1.54, 1.807) is 0 Å². The molecule has 2 heterocycles. The first kappa shape index (κ1) is 15.3. The Labute approximate surface area is 119 Å². The van der Waals surface area contributed by atoms with Crippen molar-refractivity contribution in [2.75, 3.05) is 26.7 Å². The summed E-state index contributed by atoms with van der Waals surface area (Å²) in [4.78, 5) is 2.44. The molecule has 2 aliphatic heterocycles. The first-order valence-electron chi connectivity index (χ1n) is 7.74. The number of ether oxygens (including phenoxy) is 1. The van der Waals surface area contributed by atoms with Gasteiger partial charge >= 0.3 is 0 Å². The molecule has 1 unspecified atom stereocenters. The van der Waals surface area contributed by atoms with Crippen LogP contribution in [0.1, 0.15) is 53.9 Å². The first-order chi connectivity index (χ1) is 8.62. The molecule has 3 heteroatoms. The van der Waals surface area contributed by atoms with Gasteiger partial charge in [0.05, 0.1) is 11.2 Å². The highest BCUT2D eigenvalue weighted by Crippen LogP contribution is 2.38. The van der Waals surface area contributed by atoms with Crippen LogP contribution in [0.4, 0.5) is 0 Å². The third kappa shape index (κ3) is 3.71. The van der Waals surface area contributed by atoms with Crippen molar-refractivity contribution in [2.24, 2.45) is 5.41 Å². The molecule has 0 aromatic heterocycles. The third-order valence-electron chi connectivity index (χ3n) is 5.04. The highest BCUT2D eigenvalue weighted by atomic mass is 16.5. The van der Waals surface area contributed by atoms with E-state index in [2.05, 4.69) is 51.9 Å². The molecule has 0 spiro atoms. The van der Waals surface area contributed by atoms with E-state index >= 15 is 0 Å². The molecule has 19 heavy (non-hydrogen) atoms. The molecular formula is C16H32N2O. The molecule has 0 aliphatic carbocycles. The van der Waals surface area contributed by atoms with Crippen molar-refractivity contribution >= 4 is 0 Å². The maximum absolute atomic E-state index is 6.17. The maximum atomic E-state index is 6.17. The second kappa shape index (κ2) is 5.01. The van der Waals surface area contributed by atoms with E-state index in [-0.39, 0.29) is 11.2 Å². The van der Waals surface area contributed by atoms with Gasteiger partial charge in [0.2, 0.25) is 0 Å². The van der Waals surface area contributed by atoms with Gasteiger partial charge in [0.25, 0.3) is 0 Å². The Balaban J connectivity index is 1.88. The molecule has 1 atom stereocenters. The lowest BCUT2D eigenvalue weighted by molar-refractivity contribution is -0.0704. The fourth-order valence-corrected chi connectivity index (χ4v) is 3.58. The van der Waals surface area contributed by atoms with Crippen LogP contribution in [0.15, 0.2) is 0 Å². The van der Waals surface area contributed by atoms with Crippen LogP contribution in [0, 0.1) is 5.41 Å². The van der Waals surface area contributed by atoms with Gasteiger partial charge in [-0.15, -0.1) is 0 Å². The number of nitrogens with one attached hydrogen (secondary N) is 1. The second-order valence-corrected chi connectivity index (χ2v) is 8.22. The highest BCUT2D eigenvalue weighted by Gasteiger charge is 2.46. The monoisotopic (exact) mass is 268 g/mol. The van der Waals surface area contributed by atoms with Crippen LogP contribution in [0.2, 0.25) is 0 Å². The van der Waals surface area contributed by atoms with Crippen molar-refractivity contribution in [3.8, 4) is 0 Å². The second-order valence-electron chi connectivity index (χ2n) is 8.22. The van der Waals surface area contributed by atoms with Crippen molar-refractivity contribution in [2.45, 2.75) is 71.1 Å². The predicted octanol–water partition coefficient (Wildman–Crippen LogP) is 2.65. The van der Waals surface area contributed by atoms with Gasteiger partial charge < -0.3 is 15.0 Å². The number of nitrogens with zero attached hydrogens (tertiary/aromatic N) is 1. The highest BCUT2D eigenvalue weighted by molar-refractivity contribution is 4.99. The molecule has 1 N–H and O–H groups in total. The lowest BCUT2D eigenvalue weighted by Gasteiger charge is -2.39. The normalized spacial score (nSPS) is 33.5. The van der Waals surface area contributed by atoms with Crippen LogP contribution in [-0.4, -0.2) is 48.8 Å². The topological polar surface area (TPSA) is 24.5 Å². The summed E-state index contributed by atoms with van der Waals surface area (Å²) < 4.78 is 6.17. The van der Waals surface area contributed by atoms with Crippen LogP contribution in [-0.2, 0) is 4.74 Å². The Bertz CT molecular complexity index is 317. The van der Waals surface area contributed by atoms with Crippen LogP contribution >= 0.6 is 0 Å². The molecule has 0 aromatic carbocycles. The van der Waals surface area contributed by atoms with Gasteiger partial charge in [-0.25, -0.2) is 0 Å². The van der Waals surface area contributed by atoms with Gasteiger partial charge in [0, 0.05) is 12.6 Å². The Morgan fingerprint density at radius 1 is 1.11 bits per heavy atom. The molecule has 112 valence electrons. The molecule has 2 aliphatic rings. The van der Waals surface area contributed by atoms with Crippen molar-refractivity contribution in [3.05, 3.63) is 0 Å². The Kier molecular flexibility index (Phi) is 4.03. The zero-order chi connectivity index (χ0) is 14.3. The summed E-state index contributed by atoms with van der Waals surface area (Å²) in [7, 11) is 2.23. The van der Waals surface area contributed by atoms with Gasteiger partial charge in [-0.3, -0.25) is 0 Å². The van der Waals surface area contributed by atoms with Crippen LogP contribution in [0.25, 0.3) is 0 Å². The Morgan fingerprint density at radius 3 is 2.16 bits per heavy atom. The molecule has 0 radical (unpaired) electrons. The standard InChI is InChI=1S/C16H32N2O/c1-14(2)11-13(15(3,4)19-14)17-12-16(5)7-9-18(6)10-8-16/h13,17H,7-12H2,1-6H3. The molecule has 2 fully saturated rings. The molecule has 0 saturated carbocycles. The lowest BCUT2D eigenvalue weighted by atomic mass is 9.80. The zero-order valence-corrected chi connectivity index (χ0v) is 13.7. The van der Waals surface area contributed by atoms with Crippen LogP contribution < -0.4 is 5.32 Å². The van der Waals surface area contributed by atoms with Crippen LogP contribution in [0.5, 0.6) is 0 Å². The average Bonchev–Trinajstić information content (AvgIpc) is 2.49. The molecule has 2 rings (SSSR count). The van der Waals surface area contributed by atoms with Gasteiger partial charge in [-0.05, 0) is 72.5 Å². The summed E-state index contributed by atoms with van der Waals surface area (Å²) in [5.41, 5.74) is 0.412. The van der Waals surface area contributed by atoms with E-state index in [0.717, 1.165) is 13.0 Å². The van der Waals surface area contributed by atoms with Gasteiger partial charge in [0.15, 0.2) is 0 Å². The van der Waals surface area contributed by atoms with E-state index in [0.29, 0.717) is 11.5 Å². The van der Waals surface area contributed by atoms with Crippen molar-refractivity contribution in [1.29, 1.82) is 0 Å². The van der Waals surface area contributed by atoms with E-state index in [1.165, 1.54) is 25.9 Å². The first-order valence-corrected chi connectivity index (χ1v) is 7.74. The minimum atomic E-state index is -0.0503. The Morgan fingerprint density at radius 2 is 1.68 bits per heavy atom. The maximum Gasteiger partial charge on any atom is 0.0787 e. The summed E-state index contributed by atoms with van der Waals surface area (Å²) in [5, 5.41) is 3.81. The molecule has 0 amide bonds. The summed E-state index contributed by atoms with van der Waals surface area (Å²) in [6.45, 7) is 14.9. The largest absolute Gasteiger partial charge is 0.368 e. The third-order valence-corrected chi connectivity index (χ3v) is 5.04. The Hall–Kier alpha value is -0.120. The van der Waals surface area contributed by atoms with Gasteiger partial charge in [-0.2, -0.15) is 0 Å². The smallest absolute Gasteiger partial charge is 0.0787 e. The van der Waals surface area contributed by atoms with E-state index in [1.807, 2.05) is 0 Å². The molecular weight excluding hydrogens is 236 g/mol. The summed E-state index contributed by atoms with van der Waals surface area (Å²) in [5.74, 6) is 0. The minimum Gasteiger partial charge on any atom is -0.368 e. The zero-order valence-electron chi connectivity index (χ0n) is 13.7. The van der Waals surface area contributed by atoms with E-state index in [9.17, 15) is 0 Å². The molecule has 2 saturated heterocycles. The molecule has 0 aromatic rings. The number of hydrogen-bond acceptors (Lipinski definition) is 3. The summed E-state index contributed by atoms with van der Waals surface area (Å²) in [6.07, 6.45) is 3.71. The van der Waals surface area contributed by atoms with Crippen molar-refractivity contribution in [3.63, 3.8) is 0 Å². The average molecular weight is 268 g/mol. The minimum absolute atomic E-state index is 0.00878. The van der Waals surface area contributed by atoms with Gasteiger partial charge in [0.1, 0.15) is 0 Å². The van der Waals surface area contributed by atoms with Crippen LogP contribution in [0.3, 0.4) is 0 Å². The number of likely N-dealkylation sites (tertiary alicyclic amines) is 1. The quantitative estimate of drug-likeness (QED) is 0.851. The van der Waals surface area contributed by atoms with Gasteiger partial charge in [-0.1, -0.05) is 6.92 Å². The molecule has 0 bridgehead atoms. The number of hydrogen-bond donors (Lipinski definition) is 1. The summed E-state index contributed by atoms with van der Waals surface area (Å²) in [6, 6.07) is 0.471. The van der Waals surface area contributed by atoms with E-state index < -0.39 is 0 Å². The van der Waals surface area contributed by atoms with E-state index in [4.69, 9.17) is 4.74 Å². The molecule has 3 nitrogen and oxygen atoms in total. The number of rotatable bonds is 3. The lowest BCUT2D eigenvalue weighted by Crippen LogP contribution is -2.49. The van der Waals surface area contributed by atoms with Crippen molar-refractivity contribution in [1.82, 2.24) is 10.2 Å².